The van der Waals surface area contributed by atoms with E-state index in [0.29, 0.717) is 5.92 Å². The molecule has 3 heteroatoms. The highest BCUT2D eigenvalue weighted by molar-refractivity contribution is 5.47. The summed E-state index contributed by atoms with van der Waals surface area (Å²) in [5.74, 6) is 1.17. The minimum atomic E-state index is -0.166. The Balaban J connectivity index is 1.91. The lowest BCUT2D eigenvalue weighted by molar-refractivity contribution is 0.423. The molecule has 1 fully saturated rings. The van der Waals surface area contributed by atoms with E-state index in [1.54, 1.807) is 0 Å². The highest BCUT2D eigenvalue weighted by Gasteiger charge is 2.23. The van der Waals surface area contributed by atoms with Gasteiger partial charge in [0.2, 0.25) is 0 Å². The van der Waals surface area contributed by atoms with Gasteiger partial charge in [-0.05, 0) is 55.5 Å². The highest BCUT2D eigenvalue weighted by atomic mass is 19.1. The Morgan fingerprint density at radius 3 is 2.76 bits per heavy atom. The predicted molar refractivity (Wildman–Crippen MR) is 69.6 cm³/mol. The SMILES string of the molecule is CC(CN)CC1CCN(c2ccc(F)cc2)C1. The number of benzene rings is 1. The molecule has 1 aromatic carbocycles. The van der Waals surface area contributed by atoms with Crippen LogP contribution in [0.25, 0.3) is 0 Å². The summed E-state index contributed by atoms with van der Waals surface area (Å²) in [6.07, 6.45) is 2.43. The Labute approximate surface area is 103 Å². The van der Waals surface area contributed by atoms with Crippen LogP contribution in [0.2, 0.25) is 0 Å². The van der Waals surface area contributed by atoms with Crippen LogP contribution in [0.1, 0.15) is 19.8 Å². The average Bonchev–Trinajstić information content (AvgIpc) is 2.78. The van der Waals surface area contributed by atoms with Gasteiger partial charge in [0.15, 0.2) is 0 Å². The summed E-state index contributed by atoms with van der Waals surface area (Å²) in [7, 11) is 0. The normalized spacial score (nSPS) is 21.8. The van der Waals surface area contributed by atoms with Crippen molar-refractivity contribution >= 4 is 5.69 Å². The molecule has 0 spiro atoms. The van der Waals surface area contributed by atoms with Crippen molar-refractivity contribution < 1.29 is 4.39 Å². The molecule has 0 radical (unpaired) electrons. The summed E-state index contributed by atoms with van der Waals surface area (Å²) in [5, 5.41) is 0. The molecule has 1 heterocycles. The second-order valence-electron chi connectivity index (χ2n) is 5.15. The maximum atomic E-state index is 12.8. The minimum Gasteiger partial charge on any atom is -0.371 e. The molecular weight excluding hydrogens is 215 g/mol. The summed E-state index contributed by atoms with van der Waals surface area (Å²) >= 11 is 0. The van der Waals surface area contributed by atoms with Gasteiger partial charge in [0.25, 0.3) is 0 Å². The van der Waals surface area contributed by atoms with E-state index in [0.717, 1.165) is 31.2 Å². The third kappa shape index (κ3) is 3.19. The molecule has 2 atom stereocenters. The van der Waals surface area contributed by atoms with E-state index in [9.17, 15) is 4.39 Å². The van der Waals surface area contributed by atoms with Gasteiger partial charge in [0.1, 0.15) is 5.82 Å². The lowest BCUT2D eigenvalue weighted by atomic mass is 9.95. The van der Waals surface area contributed by atoms with Crippen LogP contribution >= 0.6 is 0 Å². The fraction of sp³-hybridized carbons (Fsp3) is 0.571. The zero-order valence-corrected chi connectivity index (χ0v) is 10.4. The van der Waals surface area contributed by atoms with Crippen molar-refractivity contribution in [3.63, 3.8) is 0 Å². The number of rotatable bonds is 4. The van der Waals surface area contributed by atoms with Gasteiger partial charge in [-0.15, -0.1) is 0 Å². The van der Waals surface area contributed by atoms with Crippen LogP contribution in [-0.4, -0.2) is 19.6 Å². The van der Waals surface area contributed by atoms with E-state index >= 15 is 0 Å². The first-order valence-corrected chi connectivity index (χ1v) is 6.39. The zero-order valence-electron chi connectivity index (χ0n) is 10.4. The largest absolute Gasteiger partial charge is 0.371 e. The smallest absolute Gasteiger partial charge is 0.123 e. The molecule has 2 N–H and O–H groups in total. The average molecular weight is 236 g/mol. The first-order chi connectivity index (χ1) is 8.19. The zero-order chi connectivity index (χ0) is 12.3. The van der Waals surface area contributed by atoms with Crippen molar-refractivity contribution in [3.8, 4) is 0 Å². The molecular formula is C14H21FN2. The number of nitrogens with zero attached hydrogens (tertiary/aromatic N) is 1. The number of anilines is 1. The Kier molecular flexibility index (Phi) is 4.00. The molecule has 0 aromatic heterocycles. The van der Waals surface area contributed by atoms with Gasteiger partial charge in [-0.3, -0.25) is 0 Å². The van der Waals surface area contributed by atoms with E-state index in [2.05, 4.69) is 11.8 Å². The van der Waals surface area contributed by atoms with Gasteiger partial charge >= 0.3 is 0 Å². The molecule has 17 heavy (non-hydrogen) atoms. The predicted octanol–water partition coefficient (Wildman–Crippen LogP) is 2.64. The minimum absolute atomic E-state index is 0.166. The van der Waals surface area contributed by atoms with E-state index in [-0.39, 0.29) is 5.82 Å². The molecule has 94 valence electrons. The van der Waals surface area contributed by atoms with Gasteiger partial charge in [-0.1, -0.05) is 6.92 Å². The van der Waals surface area contributed by atoms with Crippen LogP contribution < -0.4 is 10.6 Å². The van der Waals surface area contributed by atoms with Gasteiger partial charge in [0, 0.05) is 18.8 Å². The van der Waals surface area contributed by atoms with Crippen molar-refractivity contribution in [3.05, 3.63) is 30.1 Å². The van der Waals surface area contributed by atoms with Crippen molar-refractivity contribution in [2.75, 3.05) is 24.5 Å². The summed E-state index contributed by atoms with van der Waals surface area (Å²) < 4.78 is 12.8. The van der Waals surface area contributed by atoms with Gasteiger partial charge in [-0.25, -0.2) is 4.39 Å². The van der Waals surface area contributed by atoms with Crippen LogP contribution in [-0.2, 0) is 0 Å². The van der Waals surface area contributed by atoms with Crippen molar-refractivity contribution in [1.82, 2.24) is 0 Å². The second-order valence-corrected chi connectivity index (χ2v) is 5.15. The molecule has 2 rings (SSSR count). The molecule has 1 aliphatic rings. The third-order valence-electron chi connectivity index (χ3n) is 3.62. The third-order valence-corrected chi connectivity index (χ3v) is 3.62. The number of nitrogens with two attached hydrogens (primary N) is 1. The first-order valence-electron chi connectivity index (χ1n) is 6.39. The summed E-state index contributed by atoms with van der Waals surface area (Å²) in [4.78, 5) is 2.34. The topological polar surface area (TPSA) is 29.3 Å². The van der Waals surface area contributed by atoms with Crippen LogP contribution in [0.3, 0.4) is 0 Å². The van der Waals surface area contributed by atoms with E-state index in [1.165, 1.54) is 25.0 Å². The molecule has 0 aliphatic carbocycles. The highest BCUT2D eigenvalue weighted by Crippen LogP contribution is 2.27. The Hall–Kier alpha value is -1.09. The lowest BCUT2D eigenvalue weighted by Gasteiger charge is -2.19. The Morgan fingerprint density at radius 1 is 1.41 bits per heavy atom. The summed E-state index contributed by atoms with van der Waals surface area (Å²) in [6.45, 7) is 5.14. The number of halogens is 1. The lowest BCUT2D eigenvalue weighted by Crippen LogP contribution is -2.21. The van der Waals surface area contributed by atoms with Crippen molar-refractivity contribution in [1.29, 1.82) is 0 Å². The summed E-state index contributed by atoms with van der Waals surface area (Å²) in [6, 6.07) is 6.80. The molecule has 1 aromatic rings. The number of hydrogen-bond acceptors (Lipinski definition) is 2. The first kappa shape index (κ1) is 12.4. The van der Waals surface area contributed by atoms with E-state index in [4.69, 9.17) is 5.73 Å². The van der Waals surface area contributed by atoms with Crippen LogP contribution in [0.15, 0.2) is 24.3 Å². The van der Waals surface area contributed by atoms with E-state index in [1.807, 2.05) is 12.1 Å². The van der Waals surface area contributed by atoms with Gasteiger partial charge in [0.05, 0.1) is 0 Å². The standard InChI is InChI=1S/C14H21FN2/c1-11(9-16)8-12-6-7-17(10-12)14-4-2-13(15)3-5-14/h2-5,11-12H,6-10,16H2,1H3. The van der Waals surface area contributed by atoms with Gasteiger partial charge in [-0.2, -0.15) is 0 Å². The van der Waals surface area contributed by atoms with Crippen molar-refractivity contribution in [2.45, 2.75) is 19.8 Å². The fourth-order valence-corrected chi connectivity index (χ4v) is 2.58. The quantitative estimate of drug-likeness (QED) is 0.870. The molecule has 2 unspecified atom stereocenters. The maximum absolute atomic E-state index is 12.8. The molecule has 1 saturated heterocycles. The van der Waals surface area contributed by atoms with Gasteiger partial charge < -0.3 is 10.6 Å². The van der Waals surface area contributed by atoms with Crippen molar-refractivity contribution in [2.24, 2.45) is 17.6 Å². The van der Waals surface area contributed by atoms with E-state index < -0.39 is 0 Å². The van der Waals surface area contributed by atoms with Crippen LogP contribution in [0.5, 0.6) is 0 Å². The van der Waals surface area contributed by atoms with Crippen LogP contribution in [0.4, 0.5) is 10.1 Å². The Morgan fingerprint density at radius 2 is 2.12 bits per heavy atom. The molecule has 2 nitrogen and oxygen atoms in total. The molecule has 0 amide bonds. The summed E-state index contributed by atoms with van der Waals surface area (Å²) in [5.41, 5.74) is 6.79. The Bertz CT molecular complexity index is 350. The van der Waals surface area contributed by atoms with Crippen LogP contribution in [0, 0.1) is 17.7 Å². The maximum Gasteiger partial charge on any atom is 0.123 e. The molecule has 0 saturated carbocycles. The monoisotopic (exact) mass is 236 g/mol. The second kappa shape index (κ2) is 5.50. The molecule has 0 bridgehead atoms. The fourth-order valence-electron chi connectivity index (χ4n) is 2.58. The number of hydrogen-bond donors (Lipinski definition) is 1. The molecule has 1 aliphatic heterocycles.